The molecule has 9 heteroatoms. The summed E-state index contributed by atoms with van der Waals surface area (Å²) in [4.78, 5) is 26.5. The molecule has 1 fully saturated rings. The molecule has 0 radical (unpaired) electrons. The molecular weight excluding hydrogens is 468 g/mol. The highest BCUT2D eigenvalue weighted by Crippen LogP contribution is 2.27. The van der Waals surface area contributed by atoms with E-state index in [-0.39, 0.29) is 17.9 Å². The molecule has 0 saturated carbocycles. The van der Waals surface area contributed by atoms with Gasteiger partial charge in [0.2, 0.25) is 5.91 Å². The van der Waals surface area contributed by atoms with E-state index in [1.807, 2.05) is 39.0 Å². The van der Waals surface area contributed by atoms with E-state index in [1.54, 1.807) is 18.7 Å². The van der Waals surface area contributed by atoms with Crippen LogP contribution in [0.2, 0.25) is 0 Å². The fourth-order valence-corrected chi connectivity index (χ4v) is 4.95. The molecule has 1 aliphatic rings. The summed E-state index contributed by atoms with van der Waals surface area (Å²) < 4.78 is 11.7. The second-order valence-electron chi connectivity index (χ2n) is 10.9. The van der Waals surface area contributed by atoms with E-state index in [9.17, 15) is 19.8 Å². The number of carbonyl (C=O) groups excluding carboxylic acids is 1. The zero-order valence-corrected chi connectivity index (χ0v) is 22.8. The number of carbonyl (C=O) groups is 2. The Morgan fingerprint density at radius 3 is 2.57 bits per heavy atom. The van der Waals surface area contributed by atoms with Gasteiger partial charge in [0.1, 0.15) is 0 Å². The third-order valence-electron chi connectivity index (χ3n) is 5.66. The van der Waals surface area contributed by atoms with Crippen LogP contribution in [0.3, 0.4) is 0 Å². The topological polar surface area (TPSA) is 108 Å². The van der Waals surface area contributed by atoms with Gasteiger partial charge in [-0.15, -0.1) is 11.8 Å². The van der Waals surface area contributed by atoms with E-state index in [1.165, 1.54) is 11.8 Å². The summed E-state index contributed by atoms with van der Waals surface area (Å²) in [5, 5.41) is 24.1. The minimum Gasteiger partial charge on any atom is -0.465 e. The second-order valence-corrected chi connectivity index (χ2v) is 12.0. The number of aliphatic hydroxyl groups is 1. The lowest BCUT2D eigenvalue weighted by molar-refractivity contribution is -0.231. The second kappa shape index (κ2) is 12.9. The van der Waals surface area contributed by atoms with Crippen molar-refractivity contribution in [1.29, 1.82) is 0 Å². The monoisotopic (exact) mass is 510 g/mol. The highest BCUT2D eigenvalue weighted by atomic mass is 32.2. The van der Waals surface area contributed by atoms with Crippen LogP contribution >= 0.6 is 11.8 Å². The number of thioether (sulfide) groups is 1. The summed E-state index contributed by atoms with van der Waals surface area (Å²) in [5.41, 5.74) is 0.848. The van der Waals surface area contributed by atoms with Crippen LogP contribution < -0.4 is 5.32 Å². The lowest BCUT2D eigenvalue weighted by Crippen LogP contribution is -2.65. The predicted molar refractivity (Wildman–Crippen MR) is 138 cm³/mol. The van der Waals surface area contributed by atoms with Crippen molar-refractivity contribution < 1.29 is 29.3 Å². The average molecular weight is 511 g/mol. The van der Waals surface area contributed by atoms with Gasteiger partial charge in [-0.2, -0.15) is 0 Å². The van der Waals surface area contributed by atoms with Crippen LogP contribution in [-0.2, 0) is 20.7 Å². The number of nitrogens with one attached hydrogen (secondary N) is 1. The zero-order valence-electron chi connectivity index (χ0n) is 22.0. The van der Waals surface area contributed by atoms with Crippen LogP contribution in [0, 0.1) is 11.3 Å². The highest BCUT2D eigenvalue weighted by Gasteiger charge is 2.44. The summed E-state index contributed by atoms with van der Waals surface area (Å²) in [6.07, 6.45) is -2.71. The van der Waals surface area contributed by atoms with Gasteiger partial charge in [-0.05, 0) is 42.4 Å². The number of amides is 2. The first-order valence-electron chi connectivity index (χ1n) is 12.2. The van der Waals surface area contributed by atoms with E-state index >= 15 is 0 Å². The maximum Gasteiger partial charge on any atom is 0.408 e. The van der Waals surface area contributed by atoms with Crippen LogP contribution in [0.5, 0.6) is 0 Å². The SMILES string of the molecule is CC(=O)N[C@@H](Cc1cccc(SCC(C)C)c1)[C@H](O)[C@H]1CO[C@@H](OCC(C)(C)C)[C@H](C)N1C(=O)O. The molecule has 5 atom stereocenters. The number of carboxylic acid groups (broad SMARTS) is 1. The first kappa shape index (κ1) is 29.4. The number of ether oxygens (including phenoxy) is 2. The number of aliphatic hydroxyl groups excluding tert-OH is 1. The molecule has 3 N–H and O–H groups in total. The van der Waals surface area contributed by atoms with Gasteiger partial charge in [-0.3, -0.25) is 9.69 Å². The lowest BCUT2D eigenvalue weighted by atomic mass is 9.94. The van der Waals surface area contributed by atoms with Crippen LogP contribution in [0.15, 0.2) is 29.2 Å². The lowest BCUT2D eigenvalue weighted by Gasteiger charge is -2.46. The maximum atomic E-state index is 12.2. The van der Waals surface area contributed by atoms with Gasteiger partial charge < -0.3 is 25.0 Å². The Kier molecular flexibility index (Phi) is 10.9. The highest BCUT2D eigenvalue weighted by molar-refractivity contribution is 7.99. The molecule has 1 heterocycles. The summed E-state index contributed by atoms with van der Waals surface area (Å²) in [5.74, 6) is 1.26. The number of rotatable bonds is 10. The Labute approximate surface area is 213 Å². The number of hydrogen-bond acceptors (Lipinski definition) is 6. The summed E-state index contributed by atoms with van der Waals surface area (Å²) in [6.45, 7) is 13.9. The van der Waals surface area contributed by atoms with E-state index in [2.05, 4.69) is 25.2 Å². The average Bonchev–Trinajstić information content (AvgIpc) is 2.74. The van der Waals surface area contributed by atoms with Gasteiger partial charge in [0.25, 0.3) is 0 Å². The number of benzene rings is 1. The van der Waals surface area contributed by atoms with E-state index in [0.29, 0.717) is 18.9 Å². The Morgan fingerprint density at radius 1 is 1.31 bits per heavy atom. The Morgan fingerprint density at radius 2 is 2.00 bits per heavy atom. The first-order valence-corrected chi connectivity index (χ1v) is 13.2. The Hall–Kier alpha value is -1.81. The van der Waals surface area contributed by atoms with Crippen molar-refractivity contribution in [2.24, 2.45) is 11.3 Å². The number of morpholine rings is 1. The van der Waals surface area contributed by atoms with Crippen molar-refractivity contribution in [1.82, 2.24) is 10.2 Å². The number of hydrogen-bond donors (Lipinski definition) is 3. The van der Waals surface area contributed by atoms with Gasteiger partial charge in [0.15, 0.2) is 6.29 Å². The van der Waals surface area contributed by atoms with E-state index in [4.69, 9.17) is 9.47 Å². The molecule has 8 nitrogen and oxygen atoms in total. The molecule has 1 aromatic carbocycles. The fourth-order valence-electron chi connectivity index (χ4n) is 4.01. The van der Waals surface area contributed by atoms with Gasteiger partial charge >= 0.3 is 6.09 Å². The van der Waals surface area contributed by atoms with Crippen molar-refractivity contribution in [3.63, 3.8) is 0 Å². The van der Waals surface area contributed by atoms with E-state index in [0.717, 1.165) is 16.2 Å². The van der Waals surface area contributed by atoms with Crippen LogP contribution in [0.25, 0.3) is 0 Å². The third-order valence-corrected chi connectivity index (χ3v) is 7.08. The molecule has 0 aliphatic carbocycles. The van der Waals surface area contributed by atoms with Crippen molar-refractivity contribution in [2.75, 3.05) is 19.0 Å². The molecule has 0 bridgehead atoms. The molecule has 35 heavy (non-hydrogen) atoms. The van der Waals surface area contributed by atoms with Crippen molar-refractivity contribution >= 4 is 23.8 Å². The van der Waals surface area contributed by atoms with Gasteiger partial charge in [0, 0.05) is 17.6 Å². The molecule has 1 aliphatic heterocycles. The van der Waals surface area contributed by atoms with Gasteiger partial charge in [-0.25, -0.2) is 4.79 Å². The van der Waals surface area contributed by atoms with Gasteiger partial charge in [-0.1, -0.05) is 46.8 Å². The molecular formula is C26H42N2O6S. The van der Waals surface area contributed by atoms with Crippen molar-refractivity contribution in [3.8, 4) is 0 Å². The first-order chi connectivity index (χ1) is 16.3. The molecule has 0 unspecified atom stereocenters. The summed E-state index contributed by atoms with van der Waals surface area (Å²) in [7, 11) is 0. The van der Waals surface area contributed by atoms with Crippen LogP contribution in [-0.4, -0.2) is 76.6 Å². The molecule has 198 valence electrons. The van der Waals surface area contributed by atoms with E-state index < -0.39 is 36.6 Å². The summed E-state index contributed by atoms with van der Waals surface area (Å²) >= 11 is 1.76. The minimum atomic E-state index is -1.17. The normalized spacial score (nSPS) is 22.7. The number of nitrogens with zero attached hydrogens (tertiary/aromatic N) is 1. The third kappa shape index (κ3) is 9.29. The maximum absolute atomic E-state index is 12.2. The molecule has 2 rings (SSSR count). The smallest absolute Gasteiger partial charge is 0.408 e. The summed E-state index contributed by atoms with van der Waals surface area (Å²) in [6, 6.07) is 5.84. The quantitative estimate of drug-likeness (QED) is 0.408. The molecule has 1 aromatic rings. The van der Waals surface area contributed by atoms with Gasteiger partial charge in [0.05, 0.1) is 37.4 Å². The predicted octanol–water partition coefficient (Wildman–Crippen LogP) is 4.00. The molecule has 1 saturated heterocycles. The standard InChI is InChI=1S/C26H42N2O6S/c1-16(2)14-35-20-10-8-9-19(11-20)12-21(27-18(4)29)23(30)22-13-33-24(34-15-26(5,6)7)17(3)28(22)25(31)32/h8-11,16-17,21-24,30H,12-15H2,1-7H3,(H,27,29)(H,31,32)/t17-,21-,22+,23-,24-/m0/s1. The minimum absolute atomic E-state index is 0.0347. The zero-order chi connectivity index (χ0) is 26.3. The van der Waals surface area contributed by atoms with Crippen molar-refractivity contribution in [3.05, 3.63) is 29.8 Å². The molecule has 2 amide bonds. The largest absolute Gasteiger partial charge is 0.465 e. The van der Waals surface area contributed by atoms with Crippen LogP contribution in [0.4, 0.5) is 4.79 Å². The Balaban J connectivity index is 2.20. The molecule has 0 aromatic heterocycles. The Bertz CT molecular complexity index is 843. The fraction of sp³-hybridized carbons (Fsp3) is 0.692. The molecule has 0 spiro atoms. The van der Waals surface area contributed by atoms with Crippen molar-refractivity contribution in [2.45, 2.75) is 90.3 Å². The van der Waals surface area contributed by atoms with Crippen LogP contribution in [0.1, 0.15) is 54.0 Å².